The summed E-state index contributed by atoms with van der Waals surface area (Å²) in [7, 11) is 0. The molecule has 0 amide bonds. The van der Waals surface area contributed by atoms with Crippen molar-refractivity contribution in [1.29, 1.82) is 0 Å². The van der Waals surface area contributed by atoms with Crippen LogP contribution in [0.1, 0.15) is 5.82 Å². The minimum Gasteiger partial charge on any atom is -0.339 e. The van der Waals surface area contributed by atoms with Gasteiger partial charge in [-0.1, -0.05) is 35.9 Å². The predicted octanol–water partition coefficient (Wildman–Crippen LogP) is 5.69. The molecular formula is C17H14BrClN4. The lowest BCUT2D eigenvalue weighted by Crippen LogP contribution is -2.02. The fraction of sp³-hybridized carbons (Fsp3) is 0.0588. The van der Waals surface area contributed by atoms with Gasteiger partial charge in [0.25, 0.3) is 0 Å². The van der Waals surface area contributed by atoms with Gasteiger partial charge in [0.05, 0.1) is 16.4 Å². The second-order valence-corrected chi connectivity index (χ2v) is 6.16. The van der Waals surface area contributed by atoms with E-state index in [4.69, 9.17) is 11.6 Å². The van der Waals surface area contributed by atoms with Gasteiger partial charge in [0.1, 0.15) is 17.5 Å². The molecule has 2 aromatic carbocycles. The number of aryl methyl sites for hydroxylation is 1. The molecular weight excluding hydrogens is 376 g/mol. The van der Waals surface area contributed by atoms with Crippen molar-refractivity contribution in [1.82, 2.24) is 9.97 Å². The van der Waals surface area contributed by atoms with E-state index in [1.54, 1.807) is 0 Å². The Hall–Kier alpha value is -2.11. The first-order chi connectivity index (χ1) is 11.1. The molecule has 0 saturated heterocycles. The van der Waals surface area contributed by atoms with Crippen LogP contribution in [0.5, 0.6) is 0 Å². The third kappa shape index (κ3) is 4.00. The number of nitrogens with zero attached hydrogens (tertiary/aromatic N) is 2. The number of rotatable bonds is 4. The van der Waals surface area contributed by atoms with Crippen molar-refractivity contribution in [2.24, 2.45) is 0 Å². The zero-order chi connectivity index (χ0) is 16.2. The largest absolute Gasteiger partial charge is 0.339 e. The quantitative estimate of drug-likeness (QED) is 0.602. The Morgan fingerprint density at radius 2 is 1.43 bits per heavy atom. The van der Waals surface area contributed by atoms with Gasteiger partial charge in [-0.05, 0) is 47.1 Å². The molecule has 1 heterocycles. The minimum absolute atomic E-state index is 0.643. The standard InChI is InChI=1S/C17H14BrClN4/c1-11-20-16(22-14-8-4-2-6-12(14)18)10-17(21-11)23-15-9-5-3-7-13(15)19/h2-10H,1H3,(H2,20,21,22,23). The van der Waals surface area contributed by atoms with Gasteiger partial charge in [-0.25, -0.2) is 9.97 Å². The maximum absolute atomic E-state index is 6.18. The Kier molecular flexibility index (Phi) is 4.79. The van der Waals surface area contributed by atoms with E-state index >= 15 is 0 Å². The summed E-state index contributed by atoms with van der Waals surface area (Å²) in [4.78, 5) is 8.82. The second-order valence-electron chi connectivity index (χ2n) is 4.90. The van der Waals surface area contributed by atoms with Crippen LogP contribution < -0.4 is 10.6 Å². The molecule has 0 spiro atoms. The van der Waals surface area contributed by atoms with E-state index in [1.807, 2.05) is 61.5 Å². The van der Waals surface area contributed by atoms with E-state index < -0.39 is 0 Å². The van der Waals surface area contributed by atoms with Gasteiger partial charge in [-0.3, -0.25) is 0 Å². The third-order valence-electron chi connectivity index (χ3n) is 3.11. The predicted molar refractivity (Wildman–Crippen MR) is 98.9 cm³/mol. The van der Waals surface area contributed by atoms with E-state index in [0.29, 0.717) is 22.5 Å². The molecule has 3 aromatic rings. The monoisotopic (exact) mass is 388 g/mol. The van der Waals surface area contributed by atoms with Crippen LogP contribution in [0.3, 0.4) is 0 Å². The zero-order valence-electron chi connectivity index (χ0n) is 12.3. The molecule has 4 nitrogen and oxygen atoms in total. The number of aromatic nitrogens is 2. The molecule has 0 radical (unpaired) electrons. The first-order valence-corrected chi connectivity index (χ1v) is 8.18. The van der Waals surface area contributed by atoms with Crippen LogP contribution in [0.25, 0.3) is 0 Å². The Labute approximate surface area is 148 Å². The molecule has 6 heteroatoms. The van der Waals surface area contributed by atoms with Gasteiger partial charge in [0.15, 0.2) is 0 Å². The van der Waals surface area contributed by atoms with E-state index in [0.717, 1.165) is 15.8 Å². The fourth-order valence-electron chi connectivity index (χ4n) is 2.10. The summed E-state index contributed by atoms with van der Waals surface area (Å²) in [6, 6.07) is 17.3. The van der Waals surface area contributed by atoms with E-state index in [1.165, 1.54) is 0 Å². The number of nitrogens with one attached hydrogen (secondary N) is 2. The van der Waals surface area contributed by atoms with Crippen molar-refractivity contribution in [3.63, 3.8) is 0 Å². The van der Waals surface area contributed by atoms with Crippen molar-refractivity contribution in [3.05, 3.63) is 69.9 Å². The number of anilines is 4. The molecule has 0 atom stereocenters. The highest BCUT2D eigenvalue weighted by Gasteiger charge is 2.06. The first-order valence-electron chi connectivity index (χ1n) is 7.00. The molecule has 1 aromatic heterocycles. The average molecular weight is 390 g/mol. The van der Waals surface area contributed by atoms with Crippen LogP contribution >= 0.6 is 27.5 Å². The van der Waals surface area contributed by atoms with Gasteiger partial charge >= 0.3 is 0 Å². The Morgan fingerprint density at radius 1 is 0.870 bits per heavy atom. The summed E-state index contributed by atoms with van der Waals surface area (Å²) < 4.78 is 0.969. The van der Waals surface area contributed by atoms with Crippen molar-refractivity contribution in [3.8, 4) is 0 Å². The maximum Gasteiger partial charge on any atom is 0.136 e. The van der Waals surface area contributed by atoms with Crippen LogP contribution in [0.4, 0.5) is 23.0 Å². The maximum atomic E-state index is 6.18. The summed E-state index contributed by atoms with van der Waals surface area (Å²) in [5.41, 5.74) is 1.74. The van der Waals surface area contributed by atoms with Crippen LogP contribution in [-0.4, -0.2) is 9.97 Å². The van der Waals surface area contributed by atoms with Crippen LogP contribution in [0, 0.1) is 6.92 Å². The molecule has 0 saturated carbocycles. The van der Waals surface area contributed by atoms with E-state index in [-0.39, 0.29) is 0 Å². The van der Waals surface area contributed by atoms with Crippen molar-refractivity contribution in [2.75, 3.05) is 10.6 Å². The van der Waals surface area contributed by atoms with E-state index in [9.17, 15) is 0 Å². The Balaban J connectivity index is 1.88. The molecule has 0 fully saturated rings. The summed E-state index contributed by atoms with van der Waals surface area (Å²) in [6.07, 6.45) is 0. The number of halogens is 2. The lowest BCUT2D eigenvalue weighted by Gasteiger charge is -2.12. The molecule has 0 aliphatic carbocycles. The van der Waals surface area contributed by atoms with Gasteiger partial charge in [-0.15, -0.1) is 0 Å². The number of hydrogen-bond donors (Lipinski definition) is 2. The van der Waals surface area contributed by atoms with Crippen LogP contribution in [-0.2, 0) is 0 Å². The molecule has 116 valence electrons. The molecule has 3 rings (SSSR count). The highest BCUT2D eigenvalue weighted by atomic mass is 79.9. The lowest BCUT2D eigenvalue weighted by atomic mass is 10.3. The molecule has 0 unspecified atom stereocenters. The number of benzene rings is 2. The molecule has 2 N–H and O–H groups in total. The SMILES string of the molecule is Cc1nc(Nc2ccccc2Cl)cc(Nc2ccccc2Br)n1. The van der Waals surface area contributed by atoms with Gasteiger partial charge in [0.2, 0.25) is 0 Å². The van der Waals surface area contributed by atoms with Crippen LogP contribution in [0.15, 0.2) is 59.1 Å². The molecule has 0 bridgehead atoms. The smallest absolute Gasteiger partial charge is 0.136 e. The third-order valence-corrected chi connectivity index (χ3v) is 4.13. The van der Waals surface area contributed by atoms with Crippen molar-refractivity contribution in [2.45, 2.75) is 6.92 Å². The lowest BCUT2D eigenvalue weighted by molar-refractivity contribution is 1.06. The zero-order valence-corrected chi connectivity index (χ0v) is 14.7. The van der Waals surface area contributed by atoms with Gasteiger partial charge < -0.3 is 10.6 Å². The van der Waals surface area contributed by atoms with Gasteiger partial charge in [0, 0.05) is 10.5 Å². The van der Waals surface area contributed by atoms with Crippen molar-refractivity contribution >= 4 is 50.5 Å². The number of para-hydroxylation sites is 2. The van der Waals surface area contributed by atoms with Gasteiger partial charge in [-0.2, -0.15) is 0 Å². The summed E-state index contributed by atoms with van der Waals surface area (Å²) in [5, 5.41) is 7.14. The average Bonchev–Trinajstić information content (AvgIpc) is 2.51. The second kappa shape index (κ2) is 6.98. The summed E-state index contributed by atoms with van der Waals surface area (Å²) in [6.45, 7) is 1.85. The fourth-order valence-corrected chi connectivity index (χ4v) is 2.66. The van der Waals surface area contributed by atoms with Crippen LogP contribution in [0.2, 0.25) is 5.02 Å². The molecule has 0 aliphatic heterocycles. The van der Waals surface area contributed by atoms with E-state index in [2.05, 4.69) is 36.5 Å². The minimum atomic E-state index is 0.643. The summed E-state index contributed by atoms with van der Waals surface area (Å²) in [5.74, 6) is 2.05. The molecule has 0 aliphatic rings. The number of hydrogen-bond acceptors (Lipinski definition) is 4. The Bertz CT molecular complexity index is 773. The summed E-state index contributed by atoms with van der Waals surface area (Å²) >= 11 is 9.69. The highest BCUT2D eigenvalue weighted by molar-refractivity contribution is 9.10. The Morgan fingerprint density at radius 3 is 2.09 bits per heavy atom. The normalized spacial score (nSPS) is 10.4. The topological polar surface area (TPSA) is 49.8 Å². The molecule has 23 heavy (non-hydrogen) atoms. The highest BCUT2D eigenvalue weighted by Crippen LogP contribution is 2.27. The first kappa shape index (κ1) is 15.8. The van der Waals surface area contributed by atoms with Crippen molar-refractivity contribution < 1.29 is 0 Å².